The molecule has 3 rings (SSSR count). The van der Waals surface area contributed by atoms with Crippen molar-refractivity contribution < 1.29 is 9.90 Å². The molecule has 0 bridgehead atoms. The van der Waals surface area contributed by atoms with Crippen molar-refractivity contribution in [2.24, 2.45) is 0 Å². The predicted octanol–water partition coefficient (Wildman–Crippen LogP) is 4.78. The van der Waals surface area contributed by atoms with Crippen molar-refractivity contribution in [3.05, 3.63) is 46.6 Å². The smallest absolute Gasteiger partial charge is 0.346 e. The third kappa shape index (κ3) is 3.23. The number of hydrogen-bond donors (Lipinski definition) is 2. The molecule has 24 heavy (non-hydrogen) atoms. The number of aromatic nitrogens is 2. The molecule has 5 nitrogen and oxygen atoms in total. The third-order valence-corrected chi connectivity index (χ3v) is 5.14. The standard InChI is InChI=1S/C18H19N3O2S/c1-3-4-5-12-6-8-13(9-7-12)21-16-14-11(2)15(18(22)23)24-17(14)20-10-19-16/h6-10H,3-5H2,1-2H3,(H,22,23)(H,19,20,21). The van der Waals surface area contributed by atoms with Gasteiger partial charge in [-0.3, -0.25) is 0 Å². The first-order valence-corrected chi connectivity index (χ1v) is 8.75. The van der Waals surface area contributed by atoms with E-state index < -0.39 is 5.97 Å². The van der Waals surface area contributed by atoms with Crippen molar-refractivity contribution in [1.29, 1.82) is 0 Å². The molecule has 2 heterocycles. The minimum atomic E-state index is -0.929. The SMILES string of the molecule is CCCCc1ccc(Nc2ncnc3sc(C(=O)O)c(C)c23)cc1. The van der Waals surface area contributed by atoms with Crippen LogP contribution in [-0.4, -0.2) is 21.0 Å². The summed E-state index contributed by atoms with van der Waals surface area (Å²) < 4.78 is 0. The van der Waals surface area contributed by atoms with Gasteiger partial charge in [0.2, 0.25) is 0 Å². The summed E-state index contributed by atoms with van der Waals surface area (Å²) in [5.41, 5.74) is 2.94. The number of benzene rings is 1. The molecule has 2 aromatic heterocycles. The van der Waals surface area contributed by atoms with E-state index in [-0.39, 0.29) is 0 Å². The van der Waals surface area contributed by atoms with E-state index in [1.54, 1.807) is 6.92 Å². The number of anilines is 2. The molecule has 0 saturated carbocycles. The van der Waals surface area contributed by atoms with E-state index in [9.17, 15) is 9.90 Å². The number of carbonyl (C=O) groups is 1. The number of aryl methyl sites for hydroxylation is 2. The molecule has 0 unspecified atom stereocenters. The summed E-state index contributed by atoms with van der Waals surface area (Å²) >= 11 is 1.18. The Hall–Kier alpha value is -2.47. The third-order valence-electron chi connectivity index (χ3n) is 3.96. The molecule has 124 valence electrons. The number of carboxylic acid groups (broad SMARTS) is 1. The van der Waals surface area contributed by atoms with Crippen LogP contribution in [0.15, 0.2) is 30.6 Å². The van der Waals surface area contributed by atoms with Crippen molar-refractivity contribution >= 4 is 39.0 Å². The Bertz CT molecular complexity index is 872. The number of nitrogens with zero attached hydrogens (tertiary/aromatic N) is 2. The predicted molar refractivity (Wildman–Crippen MR) is 97.4 cm³/mol. The lowest BCUT2D eigenvalue weighted by Gasteiger charge is -2.08. The number of aromatic carboxylic acids is 1. The molecule has 0 radical (unpaired) electrons. The fourth-order valence-corrected chi connectivity index (χ4v) is 3.63. The zero-order chi connectivity index (χ0) is 17.1. The van der Waals surface area contributed by atoms with Crippen LogP contribution in [-0.2, 0) is 6.42 Å². The van der Waals surface area contributed by atoms with Gasteiger partial charge in [-0.15, -0.1) is 11.3 Å². The maximum absolute atomic E-state index is 11.3. The van der Waals surface area contributed by atoms with Gasteiger partial charge in [0, 0.05) is 5.69 Å². The van der Waals surface area contributed by atoms with Crippen LogP contribution in [0, 0.1) is 6.92 Å². The van der Waals surface area contributed by atoms with Gasteiger partial charge in [0.1, 0.15) is 21.9 Å². The maximum Gasteiger partial charge on any atom is 0.346 e. The minimum absolute atomic E-state index is 0.309. The monoisotopic (exact) mass is 341 g/mol. The summed E-state index contributed by atoms with van der Waals surface area (Å²) in [7, 11) is 0. The van der Waals surface area contributed by atoms with E-state index in [0.717, 1.165) is 17.5 Å². The number of rotatable bonds is 6. The Morgan fingerprint density at radius 1 is 1.25 bits per heavy atom. The fraction of sp³-hybridized carbons (Fsp3) is 0.278. The van der Waals surface area contributed by atoms with Crippen LogP contribution in [0.4, 0.5) is 11.5 Å². The van der Waals surface area contributed by atoms with E-state index >= 15 is 0 Å². The lowest BCUT2D eigenvalue weighted by atomic mass is 10.1. The van der Waals surface area contributed by atoms with Crippen molar-refractivity contribution in [3.8, 4) is 0 Å². The molecule has 0 aliphatic carbocycles. The number of fused-ring (bicyclic) bond motifs is 1. The Balaban J connectivity index is 1.91. The Morgan fingerprint density at radius 3 is 2.67 bits per heavy atom. The van der Waals surface area contributed by atoms with Crippen LogP contribution >= 0.6 is 11.3 Å². The summed E-state index contributed by atoms with van der Waals surface area (Å²) in [4.78, 5) is 20.8. The van der Waals surface area contributed by atoms with Gasteiger partial charge in [-0.05, 0) is 43.0 Å². The summed E-state index contributed by atoms with van der Waals surface area (Å²) in [6, 6.07) is 8.27. The molecule has 2 N–H and O–H groups in total. The first kappa shape index (κ1) is 16.4. The van der Waals surface area contributed by atoms with Crippen LogP contribution < -0.4 is 5.32 Å². The van der Waals surface area contributed by atoms with Crippen LogP contribution in [0.2, 0.25) is 0 Å². The highest BCUT2D eigenvalue weighted by molar-refractivity contribution is 7.20. The molecular weight excluding hydrogens is 322 g/mol. The maximum atomic E-state index is 11.3. The molecule has 0 aliphatic heterocycles. The number of nitrogens with one attached hydrogen (secondary N) is 1. The Kier molecular flexibility index (Phi) is 4.76. The van der Waals surface area contributed by atoms with E-state index in [4.69, 9.17) is 0 Å². The highest BCUT2D eigenvalue weighted by Gasteiger charge is 2.18. The van der Waals surface area contributed by atoms with Crippen molar-refractivity contribution in [3.63, 3.8) is 0 Å². The van der Waals surface area contributed by atoms with Gasteiger partial charge in [-0.1, -0.05) is 25.5 Å². The van der Waals surface area contributed by atoms with Crippen molar-refractivity contribution in [1.82, 2.24) is 9.97 Å². The lowest BCUT2D eigenvalue weighted by Crippen LogP contribution is -1.97. The highest BCUT2D eigenvalue weighted by Crippen LogP contribution is 2.34. The molecule has 0 fully saturated rings. The minimum Gasteiger partial charge on any atom is -0.477 e. The zero-order valence-electron chi connectivity index (χ0n) is 13.7. The van der Waals surface area contributed by atoms with Crippen LogP contribution in [0.5, 0.6) is 0 Å². The number of hydrogen-bond acceptors (Lipinski definition) is 5. The van der Waals surface area contributed by atoms with E-state index in [1.165, 1.54) is 36.1 Å². The second kappa shape index (κ2) is 6.97. The van der Waals surface area contributed by atoms with Crippen molar-refractivity contribution in [2.75, 3.05) is 5.32 Å². The molecule has 3 aromatic rings. The molecule has 0 aliphatic rings. The quantitative estimate of drug-likeness (QED) is 0.674. The topological polar surface area (TPSA) is 75.1 Å². The van der Waals surface area contributed by atoms with Crippen LogP contribution in [0.25, 0.3) is 10.2 Å². The van der Waals surface area contributed by atoms with Gasteiger partial charge in [-0.2, -0.15) is 0 Å². The number of unbranched alkanes of at least 4 members (excludes halogenated alkanes) is 1. The first-order chi connectivity index (χ1) is 11.6. The average Bonchev–Trinajstić information content (AvgIpc) is 2.92. The normalized spacial score (nSPS) is 10.9. The van der Waals surface area contributed by atoms with Gasteiger partial charge in [0.15, 0.2) is 0 Å². The van der Waals surface area contributed by atoms with Gasteiger partial charge in [0.25, 0.3) is 0 Å². The second-order valence-corrected chi connectivity index (χ2v) is 6.69. The zero-order valence-corrected chi connectivity index (χ0v) is 14.5. The molecule has 0 spiro atoms. The largest absolute Gasteiger partial charge is 0.477 e. The van der Waals surface area contributed by atoms with Crippen molar-refractivity contribution in [2.45, 2.75) is 33.1 Å². The molecule has 1 aromatic carbocycles. The molecule has 0 saturated heterocycles. The summed E-state index contributed by atoms with van der Waals surface area (Å²) in [5.74, 6) is -0.288. The van der Waals surface area contributed by atoms with Gasteiger partial charge < -0.3 is 10.4 Å². The van der Waals surface area contributed by atoms with Gasteiger partial charge in [0.05, 0.1) is 5.39 Å². The Labute approximate surface area is 144 Å². The van der Waals surface area contributed by atoms with Crippen LogP contribution in [0.1, 0.15) is 40.6 Å². The average molecular weight is 341 g/mol. The Morgan fingerprint density at radius 2 is 2.00 bits per heavy atom. The summed E-state index contributed by atoms with van der Waals surface area (Å²) in [6.45, 7) is 3.98. The number of thiophene rings is 1. The summed E-state index contributed by atoms with van der Waals surface area (Å²) in [5, 5.41) is 13.3. The molecule has 0 atom stereocenters. The van der Waals surface area contributed by atoms with E-state index in [0.29, 0.717) is 21.1 Å². The molecular formula is C18H19N3O2S. The summed E-state index contributed by atoms with van der Waals surface area (Å²) in [6.07, 6.45) is 4.91. The highest BCUT2D eigenvalue weighted by atomic mass is 32.1. The fourth-order valence-electron chi connectivity index (χ4n) is 2.64. The van der Waals surface area contributed by atoms with Gasteiger partial charge in [-0.25, -0.2) is 14.8 Å². The van der Waals surface area contributed by atoms with Gasteiger partial charge >= 0.3 is 5.97 Å². The molecule has 0 amide bonds. The van der Waals surface area contributed by atoms with Crippen LogP contribution in [0.3, 0.4) is 0 Å². The van der Waals surface area contributed by atoms with E-state index in [1.807, 2.05) is 12.1 Å². The second-order valence-electron chi connectivity index (χ2n) is 5.69. The number of carboxylic acids is 1. The lowest BCUT2D eigenvalue weighted by molar-refractivity contribution is 0.0701. The molecule has 6 heteroatoms. The first-order valence-electron chi connectivity index (χ1n) is 7.93. The van der Waals surface area contributed by atoms with E-state index in [2.05, 4.69) is 34.3 Å².